The second-order valence-corrected chi connectivity index (χ2v) is 10.4. The largest absolute Gasteiger partial charge is 0.347 e. The Balaban J connectivity index is 1.45. The van der Waals surface area contributed by atoms with E-state index in [2.05, 4.69) is 17.1 Å². The number of primary sulfonamides is 1. The lowest BCUT2D eigenvalue weighted by Gasteiger charge is -2.49. The van der Waals surface area contributed by atoms with Crippen LogP contribution in [0.4, 0.5) is 0 Å². The van der Waals surface area contributed by atoms with Gasteiger partial charge in [0.15, 0.2) is 0 Å². The lowest BCUT2D eigenvalue weighted by Crippen LogP contribution is -2.62. The van der Waals surface area contributed by atoms with E-state index in [9.17, 15) is 13.2 Å². The third-order valence-electron chi connectivity index (χ3n) is 5.98. The molecule has 3 saturated heterocycles. The van der Waals surface area contributed by atoms with Gasteiger partial charge in [-0.3, -0.25) is 9.69 Å². The first kappa shape index (κ1) is 20.4. The van der Waals surface area contributed by atoms with Crippen molar-refractivity contribution in [3.05, 3.63) is 54.1 Å². The molecule has 1 amide bonds. The number of rotatable bonds is 5. The maximum absolute atomic E-state index is 12.8. The van der Waals surface area contributed by atoms with Crippen molar-refractivity contribution in [3.8, 4) is 0 Å². The number of nitrogens with one attached hydrogen (secondary N) is 1. The van der Waals surface area contributed by atoms with E-state index in [1.807, 2.05) is 12.1 Å². The Hall–Kier alpha value is -1.87. The zero-order chi connectivity index (χ0) is 20.6. The molecule has 29 heavy (non-hydrogen) atoms. The maximum Gasteiger partial charge on any atom is 0.251 e. The Morgan fingerprint density at radius 3 is 2.38 bits per heavy atom. The van der Waals surface area contributed by atoms with Crippen molar-refractivity contribution in [2.24, 2.45) is 11.1 Å². The number of hydrogen-bond donors (Lipinski definition) is 2. The van der Waals surface area contributed by atoms with Gasteiger partial charge in [0.1, 0.15) is 0 Å². The normalized spacial score (nSPS) is 26.3. The highest BCUT2D eigenvalue weighted by molar-refractivity contribution is 8.00. The molecule has 0 spiro atoms. The molecule has 0 radical (unpaired) electrons. The van der Waals surface area contributed by atoms with Crippen molar-refractivity contribution in [3.63, 3.8) is 0 Å². The molecular weight excluding hydrogens is 406 g/mol. The molecule has 3 aliphatic heterocycles. The molecule has 0 aliphatic carbocycles. The van der Waals surface area contributed by atoms with E-state index >= 15 is 0 Å². The van der Waals surface area contributed by atoms with Crippen molar-refractivity contribution in [2.45, 2.75) is 46.5 Å². The number of sulfonamides is 1. The van der Waals surface area contributed by atoms with Crippen LogP contribution in [0.3, 0.4) is 0 Å². The van der Waals surface area contributed by atoms with Gasteiger partial charge in [-0.25, -0.2) is 13.6 Å². The van der Waals surface area contributed by atoms with E-state index in [0.29, 0.717) is 22.4 Å². The van der Waals surface area contributed by atoms with Crippen molar-refractivity contribution < 1.29 is 13.2 Å². The summed E-state index contributed by atoms with van der Waals surface area (Å²) in [7, 11) is -3.79. The molecule has 2 atom stereocenters. The summed E-state index contributed by atoms with van der Waals surface area (Å²) in [6.07, 6.45) is 2.29. The van der Waals surface area contributed by atoms with Crippen molar-refractivity contribution in [1.29, 1.82) is 0 Å². The molecule has 5 rings (SSSR count). The van der Waals surface area contributed by atoms with Gasteiger partial charge in [0.05, 0.1) is 4.90 Å². The maximum atomic E-state index is 12.8. The minimum absolute atomic E-state index is 0.0583. The summed E-state index contributed by atoms with van der Waals surface area (Å²) >= 11 is 1.31. The number of hydrogen-bond acceptors (Lipinski definition) is 5. The topological polar surface area (TPSA) is 92.5 Å². The molecule has 0 aromatic heterocycles. The van der Waals surface area contributed by atoms with E-state index < -0.39 is 10.0 Å². The monoisotopic (exact) mass is 431 g/mol. The second-order valence-electron chi connectivity index (χ2n) is 7.73. The van der Waals surface area contributed by atoms with Gasteiger partial charge in [-0.15, -0.1) is 0 Å². The van der Waals surface area contributed by atoms with E-state index in [1.54, 1.807) is 30.3 Å². The van der Waals surface area contributed by atoms with Gasteiger partial charge < -0.3 is 5.32 Å². The summed E-state index contributed by atoms with van der Waals surface area (Å²) < 4.78 is 23.5. The number of nitrogens with zero attached hydrogens (tertiary/aromatic N) is 1. The van der Waals surface area contributed by atoms with Crippen molar-refractivity contribution >= 4 is 27.7 Å². The van der Waals surface area contributed by atoms with Gasteiger partial charge in [0, 0.05) is 27.4 Å². The highest BCUT2D eigenvalue weighted by atomic mass is 32.2. The molecule has 3 aliphatic rings. The molecule has 2 unspecified atom stereocenters. The fourth-order valence-electron chi connectivity index (χ4n) is 4.35. The molecule has 3 heterocycles. The number of benzene rings is 2. The molecule has 0 saturated carbocycles. The predicted octanol–water partition coefficient (Wildman–Crippen LogP) is 2.70. The van der Waals surface area contributed by atoms with Crippen LogP contribution in [0.1, 0.15) is 30.1 Å². The first-order chi connectivity index (χ1) is 13.8. The van der Waals surface area contributed by atoms with E-state index in [-0.39, 0.29) is 16.8 Å². The van der Waals surface area contributed by atoms with Crippen LogP contribution in [-0.4, -0.2) is 44.4 Å². The predicted molar refractivity (Wildman–Crippen MR) is 113 cm³/mol. The van der Waals surface area contributed by atoms with Gasteiger partial charge in [-0.05, 0) is 75.2 Å². The quantitative estimate of drug-likeness (QED) is 0.759. The Kier molecular flexibility index (Phi) is 5.70. The fourth-order valence-corrected chi connectivity index (χ4v) is 6.28. The number of carbonyl (C=O) groups is 1. The van der Waals surface area contributed by atoms with Crippen LogP contribution in [0, 0.1) is 5.92 Å². The SMILES string of the molecule is CC1C(NC(=O)c2ccc(Sc3ccccc3S(N)(=O)=O)cc2)C2CCN1CC2. The van der Waals surface area contributed by atoms with Crippen LogP contribution in [0.5, 0.6) is 0 Å². The fraction of sp³-hybridized carbons (Fsp3) is 0.381. The molecule has 3 N–H and O–H groups in total. The van der Waals surface area contributed by atoms with Gasteiger partial charge >= 0.3 is 0 Å². The molecular formula is C21H25N3O3S2. The first-order valence-electron chi connectivity index (χ1n) is 9.77. The summed E-state index contributed by atoms with van der Waals surface area (Å²) in [5.41, 5.74) is 0.609. The smallest absolute Gasteiger partial charge is 0.251 e. The number of nitrogens with two attached hydrogens (primary N) is 1. The molecule has 6 nitrogen and oxygen atoms in total. The summed E-state index contributed by atoms with van der Waals surface area (Å²) in [6, 6.07) is 14.4. The van der Waals surface area contributed by atoms with Gasteiger partial charge in [-0.2, -0.15) is 0 Å². The minimum Gasteiger partial charge on any atom is -0.347 e. The van der Waals surface area contributed by atoms with Gasteiger partial charge in [-0.1, -0.05) is 23.9 Å². The number of fused-ring (bicyclic) bond motifs is 3. The average Bonchev–Trinajstić information content (AvgIpc) is 2.71. The molecule has 154 valence electrons. The Bertz CT molecular complexity index is 998. The minimum atomic E-state index is -3.79. The van der Waals surface area contributed by atoms with Gasteiger partial charge in [0.25, 0.3) is 5.91 Å². The number of piperidine rings is 3. The average molecular weight is 432 g/mol. The second kappa shape index (κ2) is 8.10. The summed E-state index contributed by atoms with van der Waals surface area (Å²) in [6.45, 7) is 4.45. The molecule has 2 aromatic carbocycles. The molecule has 2 aromatic rings. The standard InChI is InChI=1S/C21H25N3O3S2/c1-14-20(15-10-12-24(14)13-11-15)23-21(25)16-6-8-17(9-7-16)28-18-4-2-3-5-19(18)29(22,26)27/h2-9,14-15,20H,10-13H2,1H3,(H,23,25)(H2,22,26,27). The molecule has 3 fully saturated rings. The molecule has 2 bridgehead atoms. The Labute approximate surface area is 175 Å². The van der Waals surface area contributed by atoms with E-state index in [4.69, 9.17) is 5.14 Å². The zero-order valence-electron chi connectivity index (χ0n) is 16.2. The highest BCUT2D eigenvalue weighted by Gasteiger charge is 2.40. The number of amides is 1. The van der Waals surface area contributed by atoms with Crippen LogP contribution in [0.25, 0.3) is 0 Å². The van der Waals surface area contributed by atoms with E-state index in [1.165, 1.54) is 17.8 Å². The Morgan fingerprint density at radius 1 is 1.10 bits per heavy atom. The summed E-state index contributed by atoms with van der Waals surface area (Å²) in [5.74, 6) is 0.501. The summed E-state index contributed by atoms with van der Waals surface area (Å²) in [5, 5.41) is 8.53. The lowest BCUT2D eigenvalue weighted by molar-refractivity contribution is 0.0217. The number of carbonyl (C=O) groups excluding carboxylic acids is 1. The summed E-state index contributed by atoms with van der Waals surface area (Å²) in [4.78, 5) is 16.7. The van der Waals surface area contributed by atoms with Crippen LogP contribution < -0.4 is 10.5 Å². The Morgan fingerprint density at radius 2 is 1.76 bits per heavy atom. The lowest BCUT2D eigenvalue weighted by atomic mass is 9.79. The zero-order valence-corrected chi connectivity index (χ0v) is 17.9. The van der Waals surface area contributed by atoms with Crippen LogP contribution in [0.2, 0.25) is 0 Å². The third kappa shape index (κ3) is 4.35. The van der Waals surface area contributed by atoms with E-state index in [0.717, 1.165) is 30.8 Å². The van der Waals surface area contributed by atoms with Crippen molar-refractivity contribution in [1.82, 2.24) is 10.2 Å². The molecule has 8 heteroatoms. The third-order valence-corrected chi connectivity index (χ3v) is 8.16. The van der Waals surface area contributed by atoms with Crippen molar-refractivity contribution in [2.75, 3.05) is 13.1 Å². The van der Waals surface area contributed by atoms with Crippen LogP contribution >= 0.6 is 11.8 Å². The van der Waals surface area contributed by atoms with Crippen LogP contribution in [-0.2, 0) is 10.0 Å². The highest BCUT2D eigenvalue weighted by Crippen LogP contribution is 2.33. The van der Waals surface area contributed by atoms with Gasteiger partial charge in [0.2, 0.25) is 10.0 Å². The van der Waals surface area contributed by atoms with Crippen LogP contribution in [0.15, 0.2) is 63.2 Å². The first-order valence-corrected chi connectivity index (χ1v) is 12.1.